The van der Waals surface area contributed by atoms with Crippen molar-refractivity contribution in [2.75, 3.05) is 19.5 Å². The van der Waals surface area contributed by atoms with Crippen molar-refractivity contribution in [1.29, 1.82) is 0 Å². The summed E-state index contributed by atoms with van der Waals surface area (Å²) in [5.74, 6) is 0.461. The predicted molar refractivity (Wildman–Crippen MR) is 97.1 cm³/mol. The molecule has 0 saturated carbocycles. The molecular weight excluding hydrogens is 396 g/mol. The predicted octanol–water partition coefficient (Wildman–Crippen LogP) is 3.28. The summed E-state index contributed by atoms with van der Waals surface area (Å²) in [6, 6.07) is 7.84. The summed E-state index contributed by atoms with van der Waals surface area (Å²) >= 11 is 4.61. The van der Waals surface area contributed by atoms with E-state index in [-0.39, 0.29) is 11.8 Å². The highest BCUT2D eigenvalue weighted by Crippen LogP contribution is 2.29. The molecule has 2 rings (SSSR count). The monoisotopic (exact) mass is 412 g/mol. The molecule has 0 bridgehead atoms. The van der Waals surface area contributed by atoms with E-state index in [9.17, 15) is 9.59 Å². The Morgan fingerprint density at radius 3 is 2.42 bits per heavy atom. The van der Waals surface area contributed by atoms with Crippen molar-refractivity contribution in [3.63, 3.8) is 0 Å². The minimum absolute atomic E-state index is 0.291. The van der Waals surface area contributed by atoms with Crippen LogP contribution in [-0.2, 0) is 4.79 Å². The lowest BCUT2D eigenvalue weighted by molar-refractivity contribution is -0.117. The highest BCUT2D eigenvalue weighted by molar-refractivity contribution is 9.11. The third kappa shape index (κ3) is 4.48. The maximum absolute atomic E-state index is 12.2. The molecule has 2 aromatic rings. The Balaban J connectivity index is 2.00. The molecule has 1 aromatic carbocycles. The molecule has 1 atom stereocenters. The first-order chi connectivity index (χ1) is 11.4. The van der Waals surface area contributed by atoms with Gasteiger partial charge in [0.2, 0.25) is 5.91 Å². The van der Waals surface area contributed by atoms with Gasteiger partial charge in [0.1, 0.15) is 6.04 Å². The zero-order chi connectivity index (χ0) is 17.7. The second-order valence-corrected chi connectivity index (χ2v) is 7.32. The van der Waals surface area contributed by atoms with Gasteiger partial charge in [0.05, 0.1) is 22.9 Å². The van der Waals surface area contributed by atoms with Crippen molar-refractivity contribution in [2.24, 2.45) is 0 Å². The number of anilines is 1. The molecule has 6 nitrogen and oxygen atoms in total. The van der Waals surface area contributed by atoms with Crippen molar-refractivity contribution >= 4 is 44.8 Å². The van der Waals surface area contributed by atoms with E-state index >= 15 is 0 Å². The van der Waals surface area contributed by atoms with Gasteiger partial charge in [-0.2, -0.15) is 0 Å². The van der Waals surface area contributed by atoms with Crippen molar-refractivity contribution in [3.8, 4) is 11.5 Å². The molecule has 1 heterocycles. The maximum Gasteiger partial charge on any atom is 0.262 e. The molecule has 1 unspecified atom stereocenters. The molecule has 0 radical (unpaired) electrons. The number of hydrogen-bond acceptors (Lipinski definition) is 5. The smallest absolute Gasteiger partial charge is 0.262 e. The first kappa shape index (κ1) is 18.3. The molecule has 0 aliphatic heterocycles. The number of methoxy groups -OCH3 is 2. The zero-order valence-electron chi connectivity index (χ0n) is 13.4. The second-order valence-electron chi connectivity index (χ2n) is 4.86. The fourth-order valence-electron chi connectivity index (χ4n) is 1.93. The van der Waals surface area contributed by atoms with Gasteiger partial charge in [0.15, 0.2) is 11.5 Å². The van der Waals surface area contributed by atoms with Crippen LogP contribution in [0.1, 0.15) is 16.6 Å². The third-order valence-corrected chi connectivity index (χ3v) is 4.81. The summed E-state index contributed by atoms with van der Waals surface area (Å²) < 4.78 is 11.2. The Bertz CT molecular complexity index is 747. The number of carbonyl (C=O) groups excluding carboxylic acids is 2. The number of benzene rings is 1. The minimum Gasteiger partial charge on any atom is -0.493 e. The maximum atomic E-state index is 12.2. The standard InChI is InChI=1S/C16H17BrN2O4S/c1-9(18-16(21)13-6-7-14(17)24-13)15(20)19-10-4-5-11(22-2)12(8-10)23-3/h4-9H,1-3H3,(H,18,21)(H,19,20). The molecule has 24 heavy (non-hydrogen) atoms. The Morgan fingerprint density at radius 2 is 1.83 bits per heavy atom. The van der Waals surface area contributed by atoms with Crippen LogP contribution in [0.5, 0.6) is 11.5 Å². The van der Waals surface area contributed by atoms with Crippen LogP contribution >= 0.6 is 27.3 Å². The average Bonchev–Trinajstić information content (AvgIpc) is 3.01. The van der Waals surface area contributed by atoms with Crippen molar-refractivity contribution in [3.05, 3.63) is 39.0 Å². The number of amides is 2. The lowest BCUT2D eigenvalue weighted by Crippen LogP contribution is -2.41. The highest BCUT2D eigenvalue weighted by Gasteiger charge is 2.18. The van der Waals surface area contributed by atoms with E-state index < -0.39 is 6.04 Å². The van der Waals surface area contributed by atoms with Crippen LogP contribution in [0.15, 0.2) is 34.1 Å². The summed E-state index contributed by atoms with van der Waals surface area (Å²) in [6.45, 7) is 1.62. The van der Waals surface area contributed by atoms with Gasteiger partial charge in [0, 0.05) is 11.8 Å². The topological polar surface area (TPSA) is 76.7 Å². The van der Waals surface area contributed by atoms with Crippen LogP contribution in [0, 0.1) is 0 Å². The molecule has 2 amide bonds. The van der Waals surface area contributed by atoms with Crippen molar-refractivity contribution in [2.45, 2.75) is 13.0 Å². The first-order valence-corrected chi connectivity index (χ1v) is 8.64. The number of rotatable bonds is 6. The Morgan fingerprint density at radius 1 is 1.12 bits per heavy atom. The molecule has 0 aliphatic carbocycles. The minimum atomic E-state index is -0.688. The summed E-state index contributed by atoms with van der Waals surface area (Å²) in [4.78, 5) is 24.8. The number of hydrogen-bond donors (Lipinski definition) is 2. The van der Waals surface area contributed by atoms with Crippen LogP contribution in [-0.4, -0.2) is 32.1 Å². The molecule has 2 N–H and O–H groups in total. The van der Waals surface area contributed by atoms with Crippen molar-refractivity contribution < 1.29 is 19.1 Å². The van der Waals surface area contributed by atoms with E-state index in [1.165, 1.54) is 25.6 Å². The van der Waals surface area contributed by atoms with Gasteiger partial charge >= 0.3 is 0 Å². The third-order valence-electron chi connectivity index (χ3n) is 3.19. The average molecular weight is 413 g/mol. The van der Waals surface area contributed by atoms with Gasteiger partial charge in [0.25, 0.3) is 5.91 Å². The molecule has 8 heteroatoms. The normalized spacial score (nSPS) is 11.5. The van der Waals surface area contributed by atoms with Gasteiger partial charge in [-0.05, 0) is 47.1 Å². The van der Waals surface area contributed by atoms with Gasteiger partial charge in [-0.1, -0.05) is 0 Å². The van der Waals surface area contributed by atoms with E-state index in [2.05, 4.69) is 26.6 Å². The van der Waals surface area contributed by atoms with Crippen LogP contribution in [0.25, 0.3) is 0 Å². The number of carbonyl (C=O) groups is 2. The quantitative estimate of drug-likeness (QED) is 0.762. The van der Waals surface area contributed by atoms with Gasteiger partial charge in [-0.15, -0.1) is 11.3 Å². The summed E-state index contributed by atoms with van der Waals surface area (Å²) in [6.07, 6.45) is 0. The van der Waals surface area contributed by atoms with Crippen LogP contribution in [0.4, 0.5) is 5.69 Å². The van der Waals surface area contributed by atoms with E-state index in [0.29, 0.717) is 22.1 Å². The fourth-order valence-corrected chi connectivity index (χ4v) is 3.22. The van der Waals surface area contributed by atoms with E-state index in [4.69, 9.17) is 9.47 Å². The second kappa shape index (κ2) is 8.16. The van der Waals surface area contributed by atoms with Crippen LogP contribution < -0.4 is 20.1 Å². The fraction of sp³-hybridized carbons (Fsp3) is 0.250. The van der Waals surface area contributed by atoms with Crippen molar-refractivity contribution in [1.82, 2.24) is 5.32 Å². The van der Waals surface area contributed by atoms with E-state index in [0.717, 1.165) is 3.79 Å². The van der Waals surface area contributed by atoms with Crippen LogP contribution in [0.3, 0.4) is 0 Å². The summed E-state index contributed by atoms with van der Waals surface area (Å²) in [7, 11) is 3.06. The number of thiophene rings is 1. The molecule has 0 spiro atoms. The zero-order valence-corrected chi connectivity index (χ0v) is 15.8. The molecule has 0 saturated heterocycles. The van der Waals surface area contributed by atoms with Crippen LogP contribution in [0.2, 0.25) is 0 Å². The van der Waals surface area contributed by atoms with Gasteiger partial charge in [-0.25, -0.2) is 0 Å². The highest BCUT2D eigenvalue weighted by atomic mass is 79.9. The largest absolute Gasteiger partial charge is 0.493 e. The SMILES string of the molecule is COc1ccc(NC(=O)C(C)NC(=O)c2ccc(Br)s2)cc1OC. The summed E-state index contributed by atoms with van der Waals surface area (Å²) in [5, 5.41) is 5.40. The molecule has 1 aromatic heterocycles. The number of ether oxygens (including phenoxy) is 2. The molecule has 128 valence electrons. The lowest BCUT2D eigenvalue weighted by atomic mass is 10.2. The molecular formula is C16H17BrN2O4S. The Hall–Kier alpha value is -2.06. The Kier molecular flexibility index (Phi) is 6.22. The lowest BCUT2D eigenvalue weighted by Gasteiger charge is -2.15. The van der Waals surface area contributed by atoms with Gasteiger partial charge < -0.3 is 20.1 Å². The van der Waals surface area contributed by atoms with E-state index in [1.807, 2.05) is 0 Å². The number of nitrogens with one attached hydrogen (secondary N) is 2. The molecule has 0 aliphatic rings. The summed E-state index contributed by atoms with van der Waals surface area (Å²) in [5.41, 5.74) is 0.553. The Labute approximate surface area is 152 Å². The molecule has 0 fully saturated rings. The first-order valence-electron chi connectivity index (χ1n) is 7.03. The van der Waals surface area contributed by atoms with E-state index in [1.54, 1.807) is 37.3 Å². The van der Waals surface area contributed by atoms with Gasteiger partial charge in [-0.3, -0.25) is 9.59 Å². The number of halogens is 1.